The normalized spacial score (nSPS) is 13.5. The van der Waals surface area contributed by atoms with Crippen LogP contribution in [0.2, 0.25) is 0 Å². The van der Waals surface area contributed by atoms with Gasteiger partial charge in [-0.25, -0.2) is 0 Å². The van der Waals surface area contributed by atoms with Gasteiger partial charge in [0, 0.05) is 11.1 Å². The summed E-state index contributed by atoms with van der Waals surface area (Å²) in [6, 6.07) is 15.1. The molecule has 2 aromatic carbocycles. The molecule has 0 fully saturated rings. The molecule has 21 heavy (non-hydrogen) atoms. The molecule has 0 heterocycles. The van der Waals surface area contributed by atoms with Crippen molar-refractivity contribution in [2.45, 2.75) is 25.9 Å². The molecule has 1 unspecified atom stereocenters. The summed E-state index contributed by atoms with van der Waals surface area (Å²) in [6.07, 6.45) is 0.922. The predicted molar refractivity (Wildman–Crippen MR) is 83.9 cm³/mol. The molecular weight excluding hydrogens is 264 g/mol. The van der Waals surface area contributed by atoms with Gasteiger partial charge in [-0.05, 0) is 25.5 Å². The third kappa shape index (κ3) is 3.19. The van der Waals surface area contributed by atoms with Gasteiger partial charge in [0.2, 0.25) is 0 Å². The van der Waals surface area contributed by atoms with Gasteiger partial charge in [-0.15, -0.1) is 0 Å². The maximum atomic E-state index is 11.1. The second-order valence-electron chi connectivity index (χ2n) is 5.12. The van der Waals surface area contributed by atoms with Gasteiger partial charge in [-0.3, -0.25) is 0 Å². The molecule has 3 nitrogen and oxygen atoms in total. The van der Waals surface area contributed by atoms with Gasteiger partial charge in [0.1, 0.15) is 17.1 Å². The van der Waals surface area contributed by atoms with Crippen molar-refractivity contribution in [1.29, 1.82) is 0 Å². The number of hydrogen-bond donors (Lipinski definition) is 1. The van der Waals surface area contributed by atoms with Crippen molar-refractivity contribution in [3.63, 3.8) is 0 Å². The molecular formula is C18H22O3. The van der Waals surface area contributed by atoms with Crippen LogP contribution in [-0.2, 0) is 5.60 Å². The smallest absolute Gasteiger partial charge is 0.125 e. The van der Waals surface area contributed by atoms with Crippen molar-refractivity contribution < 1.29 is 14.6 Å². The van der Waals surface area contributed by atoms with Crippen molar-refractivity contribution in [1.82, 2.24) is 0 Å². The van der Waals surface area contributed by atoms with E-state index in [1.165, 1.54) is 0 Å². The summed E-state index contributed by atoms with van der Waals surface area (Å²) >= 11 is 0. The Labute approximate surface area is 126 Å². The molecule has 0 amide bonds. The number of ether oxygens (including phenoxy) is 2. The highest BCUT2D eigenvalue weighted by atomic mass is 16.5. The number of aliphatic hydroxyl groups is 1. The number of hydrogen-bond acceptors (Lipinski definition) is 3. The van der Waals surface area contributed by atoms with E-state index in [-0.39, 0.29) is 0 Å². The number of rotatable bonds is 6. The van der Waals surface area contributed by atoms with Gasteiger partial charge >= 0.3 is 0 Å². The fourth-order valence-corrected chi connectivity index (χ4v) is 2.40. The first-order chi connectivity index (χ1) is 10.1. The SMILES string of the molecule is CCCOc1ccccc1C(C)(O)c1ccccc1OC. The van der Waals surface area contributed by atoms with Crippen molar-refractivity contribution in [2.24, 2.45) is 0 Å². The largest absolute Gasteiger partial charge is 0.496 e. The maximum absolute atomic E-state index is 11.1. The molecule has 0 aromatic heterocycles. The second-order valence-corrected chi connectivity index (χ2v) is 5.12. The van der Waals surface area contributed by atoms with Gasteiger partial charge < -0.3 is 14.6 Å². The Hall–Kier alpha value is -2.00. The zero-order valence-corrected chi connectivity index (χ0v) is 12.8. The van der Waals surface area contributed by atoms with Gasteiger partial charge in [-0.2, -0.15) is 0 Å². The highest BCUT2D eigenvalue weighted by Crippen LogP contribution is 2.39. The Balaban J connectivity index is 2.48. The van der Waals surface area contributed by atoms with Crippen LogP contribution in [0, 0.1) is 0 Å². The lowest BCUT2D eigenvalue weighted by molar-refractivity contribution is 0.0947. The minimum atomic E-state index is -1.18. The summed E-state index contributed by atoms with van der Waals surface area (Å²) < 4.78 is 11.1. The van der Waals surface area contributed by atoms with Crippen LogP contribution in [0.1, 0.15) is 31.4 Å². The molecule has 0 saturated carbocycles. The maximum Gasteiger partial charge on any atom is 0.125 e. The Bertz CT molecular complexity index is 591. The summed E-state index contributed by atoms with van der Waals surface area (Å²) in [5.74, 6) is 1.36. The van der Waals surface area contributed by atoms with E-state index in [1.807, 2.05) is 48.5 Å². The third-order valence-corrected chi connectivity index (χ3v) is 3.50. The molecule has 0 aliphatic rings. The molecule has 0 saturated heterocycles. The third-order valence-electron chi connectivity index (χ3n) is 3.50. The highest BCUT2D eigenvalue weighted by Gasteiger charge is 2.31. The zero-order valence-electron chi connectivity index (χ0n) is 12.8. The first-order valence-corrected chi connectivity index (χ1v) is 7.19. The fraction of sp³-hybridized carbons (Fsp3) is 0.333. The quantitative estimate of drug-likeness (QED) is 0.879. The standard InChI is InChI=1S/C18H22O3/c1-4-13-21-17-12-8-6-10-15(17)18(2,19)14-9-5-7-11-16(14)20-3/h5-12,19H,4,13H2,1-3H3. The first-order valence-electron chi connectivity index (χ1n) is 7.19. The van der Waals surface area contributed by atoms with E-state index < -0.39 is 5.60 Å². The number of benzene rings is 2. The van der Waals surface area contributed by atoms with E-state index in [1.54, 1.807) is 14.0 Å². The lowest BCUT2D eigenvalue weighted by Gasteiger charge is -2.28. The van der Waals surface area contributed by atoms with Crippen LogP contribution >= 0.6 is 0 Å². The Morgan fingerprint density at radius 1 is 0.952 bits per heavy atom. The molecule has 0 spiro atoms. The van der Waals surface area contributed by atoms with E-state index in [9.17, 15) is 5.11 Å². The molecule has 112 valence electrons. The number of para-hydroxylation sites is 2. The van der Waals surface area contributed by atoms with Crippen molar-refractivity contribution in [2.75, 3.05) is 13.7 Å². The Morgan fingerprint density at radius 3 is 2.05 bits per heavy atom. The van der Waals surface area contributed by atoms with Crippen LogP contribution in [0.15, 0.2) is 48.5 Å². The summed E-state index contributed by atoms with van der Waals surface area (Å²) in [6.45, 7) is 4.44. The summed E-state index contributed by atoms with van der Waals surface area (Å²) in [5.41, 5.74) is 0.278. The van der Waals surface area contributed by atoms with Crippen LogP contribution in [0.4, 0.5) is 0 Å². The van der Waals surface area contributed by atoms with Gasteiger partial charge in [0.25, 0.3) is 0 Å². The highest BCUT2D eigenvalue weighted by molar-refractivity contribution is 5.48. The minimum absolute atomic E-state index is 0.624. The first kappa shape index (κ1) is 15.4. The van der Waals surface area contributed by atoms with E-state index >= 15 is 0 Å². The topological polar surface area (TPSA) is 38.7 Å². The van der Waals surface area contributed by atoms with E-state index in [0.717, 1.165) is 17.5 Å². The van der Waals surface area contributed by atoms with Crippen LogP contribution in [-0.4, -0.2) is 18.8 Å². The number of methoxy groups -OCH3 is 1. The van der Waals surface area contributed by atoms with Gasteiger partial charge in [0.05, 0.1) is 13.7 Å². The molecule has 2 rings (SSSR count). The van der Waals surface area contributed by atoms with Crippen LogP contribution in [0.5, 0.6) is 11.5 Å². The minimum Gasteiger partial charge on any atom is -0.496 e. The Kier molecular flexibility index (Phi) is 4.86. The van der Waals surface area contributed by atoms with E-state index in [4.69, 9.17) is 9.47 Å². The average Bonchev–Trinajstić information content (AvgIpc) is 2.53. The summed E-state index contributed by atoms with van der Waals surface area (Å²) in [5, 5.41) is 11.1. The monoisotopic (exact) mass is 286 g/mol. The van der Waals surface area contributed by atoms with E-state index in [2.05, 4.69) is 6.92 Å². The van der Waals surface area contributed by atoms with Crippen LogP contribution in [0.25, 0.3) is 0 Å². The molecule has 0 bridgehead atoms. The summed E-state index contributed by atoms with van der Waals surface area (Å²) in [4.78, 5) is 0. The van der Waals surface area contributed by atoms with Crippen molar-refractivity contribution in [3.05, 3.63) is 59.7 Å². The average molecular weight is 286 g/mol. The Morgan fingerprint density at radius 2 is 1.48 bits per heavy atom. The molecule has 1 atom stereocenters. The second kappa shape index (κ2) is 6.64. The zero-order chi connectivity index (χ0) is 15.3. The van der Waals surface area contributed by atoms with E-state index in [0.29, 0.717) is 18.1 Å². The fourth-order valence-electron chi connectivity index (χ4n) is 2.40. The molecule has 2 aromatic rings. The molecule has 0 aliphatic heterocycles. The molecule has 0 aliphatic carbocycles. The predicted octanol–water partition coefficient (Wildman–Crippen LogP) is 3.74. The molecule has 1 N–H and O–H groups in total. The lowest BCUT2D eigenvalue weighted by atomic mass is 9.87. The van der Waals surface area contributed by atoms with Crippen molar-refractivity contribution >= 4 is 0 Å². The molecule has 0 radical (unpaired) electrons. The summed E-state index contributed by atoms with van der Waals surface area (Å²) in [7, 11) is 1.61. The van der Waals surface area contributed by atoms with Gasteiger partial charge in [-0.1, -0.05) is 43.3 Å². The molecule has 3 heteroatoms. The lowest BCUT2D eigenvalue weighted by Crippen LogP contribution is -2.24. The van der Waals surface area contributed by atoms with Crippen LogP contribution in [0.3, 0.4) is 0 Å². The van der Waals surface area contributed by atoms with Gasteiger partial charge in [0.15, 0.2) is 0 Å². The van der Waals surface area contributed by atoms with Crippen LogP contribution < -0.4 is 9.47 Å². The van der Waals surface area contributed by atoms with Crippen molar-refractivity contribution in [3.8, 4) is 11.5 Å².